The standard InChI is InChI=1S/C15H14N2O3/c1-10(18)12-4-6-15(17-9-12)20-13-5-3-11(8-16)7-14(13)19-2/h3-7,9-10,18H,1-2H3/t10-/m0/s1. The maximum absolute atomic E-state index is 9.41. The van der Waals surface area contributed by atoms with Crippen molar-refractivity contribution in [2.45, 2.75) is 13.0 Å². The molecule has 0 saturated heterocycles. The quantitative estimate of drug-likeness (QED) is 0.924. The van der Waals surface area contributed by atoms with Crippen molar-refractivity contribution < 1.29 is 14.6 Å². The van der Waals surface area contributed by atoms with Crippen LogP contribution in [-0.4, -0.2) is 17.2 Å². The highest BCUT2D eigenvalue weighted by Gasteiger charge is 2.08. The van der Waals surface area contributed by atoms with E-state index >= 15 is 0 Å². The first kappa shape index (κ1) is 13.8. The Bertz CT molecular complexity index is 631. The second kappa shape index (κ2) is 6.04. The van der Waals surface area contributed by atoms with Crippen LogP contribution in [0.25, 0.3) is 0 Å². The van der Waals surface area contributed by atoms with E-state index in [0.717, 1.165) is 0 Å². The summed E-state index contributed by atoms with van der Waals surface area (Å²) in [6.07, 6.45) is 0.983. The van der Waals surface area contributed by atoms with Crippen LogP contribution in [0.1, 0.15) is 24.2 Å². The Hall–Kier alpha value is -2.58. The van der Waals surface area contributed by atoms with E-state index in [4.69, 9.17) is 14.7 Å². The highest BCUT2D eigenvalue weighted by Crippen LogP contribution is 2.31. The summed E-state index contributed by atoms with van der Waals surface area (Å²) in [4.78, 5) is 4.11. The SMILES string of the molecule is COc1cc(C#N)ccc1Oc1ccc([C@H](C)O)cn1. The first-order valence-electron chi connectivity index (χ1n) is 6.04. The highest BCUT2D eigenvalue weighted by molar-refractivity contribution is 5.48. The molecule has 0 fully saturated rings. The van der Waals surface area contributed by atoms with Crippen LogP contribution in [0, 0.1) is 11.3 Å². The van der Waals surface area contributed by atoms with E-state index in [2.05, 4.69) is 4.98 Å². The van der Waals surface area contributed by atoms with E-state index in [1.807, 2.05) is 6.07 Å². The third-order valence-electron chi connectivity index (χ3n) is 2.75. The number of methoxy groups -OCH3 is 1. The average molecular weight is 270 g/mol. The summed E-state index contributed by atoms with van der Waals surface area (Å²) in [7, 11) is 1.51. The van der Waals surface area contributed by atoms with Gasteiger partial charge in [0.05, 0.1) is 24.8 Å². The van der Waals surface area contributed by atoms with Gasteiger partial charge in [-0.05, 0) is 30.7 Å². The van der Waals surface area contributed by atoms with Crippen molar-refractivity contribution in [2.24, 2.45) is 0 Å². The summed E-state index contributed by atoms with van der Waals surface area (Å²) in [6, 6.07) is 10.3. The first-order chi connectivity index (χ1) is 9.63. The molecule has 0 aliphatic rings. The normalized spacial score (nSPS) is 11.5. The van der Waals surface area contributed by atoms with Crippen molar-refractivity contribution >= 4 is 0 Å². The maximum Gasteiger partial charge on any atom is 0.219 e. The van der Waals surface area contributed by atoms with Crippen molar-refractivity contribution in [1.29, 1.82) is 5.26 Å². The Balaban J connectivity index is 2.23. The van der Waals surface area contributed by atoms with Gasteiger partial charge in [0.25, 0.3) is 0 Å². The number of ether oxygens (including phenoxy) is 2. The maximum atomic E-state index is 9.41. The van der Waals surface area contributed by atoms with Crippen molar-refractivity contribution in [1.82, 2.24) is 4.98 Å². The molecule has 1 aromatic carbocycles. The lowest BCUT2D eigenvalue weighted by Gasteiger charge is -2.10. The van der Waals surface area contributed by atoms with Gasteiger partial charge in [0.2, 0.25) is 5.88 Å². The fourth-order valence-corrected chi connectivity index (χ4v) is 1.63. The molecule has 5 nitrogen and oxygen atoms in total. The second-order valence-electron chi connectivity index (χ2n) is 4.19. The molecule has 0 amide bonds. The zero-order valence-electron chi connectivity index (χ0n) is 11.2. The Morgan fingerprint density at radius 2 is 2.05 bits per heavy atom. The molecule has 0 aliphatic heterocycles. The fraction of sp³-hybridized carbons (Fsp3) is 0.200. The van der Waals surface area contributed by atoms with Crippen molar-refractivity contribution in [3.63, 3.8) is 0 Å². The van der Waals surface area contributed by atoms with Gasteiger partial charge in [-0.15, -0.1) is 0 Å². The lowest BCUT2D eigenvalue weighted by molar-refractivity contribution is 0.198. The Morgan fingerprint density at radius 1 is 1.25 bits per heavy atom. The number of aromatic nitrogens is 1. The van der Waals surface area contributed by atoms with Gasteiger partial charge < -0.3 is 14.6 Å². The highest BCUT2D eigenvalue weighted by atomic mass is 16.5. The predicted molar refractivity (Wildman–Crippen MR) is 72.7 cm³/mol. The number of rotatable bonds is 4. The first-order valence-corrected chi connectivity index (χ1v) is 6.04. The van der Waals surface area contributed by atoms with Gasteiger partial charge in [0.1, 0.15) is 0 Å². The molecule has 2 rings (SSSR count). The van der Waals surface area contributed by atoms with E-state index in [9.17, 15) is 5.11 Å². The lowest BCUT2D eigenvalue weighted by Crippen LogP contribution is -1.95. The van der Waals surface area contributed by atoms with Crippen LogP contribution in [0.3, 0.4) is 0 Å². The van der Waals surface area contributed by atoms with Crippen LogP contribution in [0.4, 0.5) is 0 Å². The predicted octanol–water partition coefficient (Wildman–Crippen LogP) is 2.81. The topological polar surface area (TPSA) is 75.4 Å². The number of aliphatic hydroxyl groups is 1. The van der Waals surface area contributed by atoms with E-state index in [0.29, 0.717) is 28.5 Å². The summed E-state index contributed by atoms with van der Waals surface area (Å²) in [5, 5.41) is 18.3. The van der Waals surface area contributed by atoms with Gasteiger partial charge in [-0.1, -0.05) is 0 Å². The minimum atomic E-state index is -0.569. The monoisotopic (exact) mass is 270 g/mol. The van der Waals surface area contributed by atoms with Crippen LogP contribution in [0.2, 0.25) is 0 Å². The largest absolute Gasteiger partial charge is 0.493 e. The third kappa shape index (κ3) is 3.05. The molecule has 1 aromatic heterocycles. The van der Waals surface area contributed by atoms with E-state index < -0.39 is 6.10 Å². The number of benzene rings is 1. The molecule has 0 saturated carbocycles. The molecule has 0 unspecified atom stereocenters. The van der Waals surface area contributed by atoms with Gasteiger partial charge in [-0.3, -0.25) is 0 Å². The summed E-state index contributed by atoms with van der Waals surface area (Å²) < 4.78 is 10.8. The average Bonchev–Trinajstić information content (AvgIpc) is 2.48. The Labute approximate surface area is 117 Å². The lowest BCUT2D eigenvalue weighted by atomic mass is 10.2. The number of nitriles is 1. The third-order valence-corrected chi connectivity index (χ3v) is 2.75. The molecule has 0 spiro atoms. The number of pyridine rings is 1. The van der Waals surface area contributed by atoms with Crippen LogP contribution >= 0.6 is 0 Å². The van der Waals surface area contributed by atoms with Gasteiger partial charge in [-0.2, -0.15) is 5.26 Å². The number of hydrogen-bond acceptors (Lipinski definition) is 5. The molecular formula is C15H14N2O3. The fourth-order valence-electron chi connectivity index (χ4n) is 1.63. The van der Waals surface area contributed by atoms with Crippen LogP contribution < -0.4 is 9.47 Å². The van der Waals surface area contributed by atoms with Gasteiger partial charge >= 0.3 is 0 Å². The number of aliphatic hydroxyl groups excluding tert-OH is 1. The zero-order chi connectivity index (χ0) is 14.5. The zero-order valence-corrected chi connectivity index (χ0v) is 11.2. The Morgan fingerprint density at radius 3 is 2.60 bits per heavy atom. The molecule has 0 radical (unpaired) electrons. The molecule has 2 aromatic rings. The van der Waals surface area contributed by atoms with Crippen LogP contribution in [0.15, 0.2) is 36.5 Å². The van der Waals surface area contributed by atoms with Crippen LogP contribution in [-0.2, 0) is 0 Å². The number of hydrogen-bond donors (Lipinski definition) is 1. The van der Waals surface area contributed by atoms with E-state index in [1.54, 1.807) is 43.5 Å². The molecule has 1 atom stereocenters. The van der Waals surface area contributed by atoms with E-state index in [-0.39, 0.29) is 0 Å². The summed E-state index contributed by atoms with van der Waals surface area (Å²) in [5.74, 6) is 1.33. The minimum absolute atomic E-state index is 0.386. The number of nitrogens with zero attached hydrogens (tertiary/aromatic N) is 2. The summed E-state index contributed by atoms with van der Waals surface area (Å²) >= 11 is 0. The molecule has 0 aliphatic carbocycles. The van der Waals surface area contributed by atoms with Crippen LogP contribution in [0.5, 0.6) is 17.4 Å². The van der Waals surface area contributed by atoms with Crippen molar-refractivity contribution in [2.75, 3.05) is 7.11 Å². The van der Waals surface area contributed by atoms with Gasteiger partial charge in [0.15, 0.2) is 11.5 Å². The second-order valence-corrected chi connectivity index (χ2v) is 4.19. The molecule has 5 heteroatoms. The molecular weight excluding hydrogens is 256 g/mol. The molecule has 1 heterocycles. The summed E-state index contributed by atoms with van der Waals surface area (Å²) in [5.41, 5.74) is 1.20. The molecule has 102 valence electrons. The molecule has 20 heavy (non-hydrogen) atoms. The minimum Gasteiger partial charge on any atom is -0.493 e. The van der Waals surface area contributed by atoms with E-state index in [1.165, 1.54) is 7.11 Å². The van der Waals surface area contributed by atoms with Gasteiger partial charge in [-0.25, -0.2) is 4.98 Å². The Kier molecular flexibility index (Phi) is 4.18. The van der Waals surface area contributed by atoms with Crippen molar-refractivity contribution in [3.8, 4) is 23.4 Å². The van der Waals surface area contributed by atoms with Crippen molar-refractivity contribution in [3.05, 3.63) is 47.7 Å². The molecule has 0 bridgehead atoms. The van der Waals surface area contributed by atoms with Gasteiger partial charge in [0, 0.05) is 18.3 Å². The summed E-state index contributed by atoms with van der Waals surface area (Å²) in [6.45, 7) is 1.67. The smallest absolute Gasteiger partial charge is 0.219 e. The molecule has 1 N–H and O–H groups in total.